The molecule has 1 atom stereocenters. The van der Waals surface area contributed by atoms with Gasteiger partial charge in [0.2, 0.25) is 6.10 Å². The Bertz CT molecular complexity index is 894. The SMILES string of the molecule is CC(C)c1ccc(S(=O)(=O)NNC(=O)[C@@H]2COc3ccccc3O2)cc1. The number of benzene rings is 2. The van der Waals surface area contributed by atoms with Crippen LogP contribution in [0.15, 0.2) is 53.4 Å². The number of amides is 1. The monoisotopic (exact) mass is 376 g/mol. The zero-order valence-corrected chi connectivity index (χ0v) is 15.2. The first kappa shape index (κ1) is 18.2. The van der Waals surface area contributed by atoms with Crippen molar-refractivity contribution in [3.63, 3.8) is 0 Å². The fourth-order valence-corrected chi connectivity index (χ4v) is 3.28. The molecule has 0 unspecified atom stereocenters. The molecule has 0 saturated carbocycles. The van der Waals surface area contributed by atoms with E-state index >= 15 is 0 Å². The van der Waals surface area contributed by atoms with E-state index in [1.807, 2.05) is 13.8 Å². The molecule has 2 aromatic carbocycles. The number of hydrazine groups is 1. The van der Waals surface area contributed by atoms with Gasteiger partial charge in [-0.1, -0.05) is 38.1 Å². The van der Waals surface area contributed by atoms with Gasteiger partial charge in [-0.15, -0.1) is 4.83 Å². The lowest BCUT2D eigenvalue weighted by molar-refractivity contribution is -0.130. The molecule has 1 heterocycles. The lowest BCUT2D eigenvalue weighted by atomic mass is 10.0. The molecule has 0 radical (unpaired) electrons. The summed E-state index contributed by atoms with van der Waals surface area (Å²) in [5.41, 5.74) is 3.20. The van der Waals surface area contributed by atoms with Crippen LogP contribution in [0.2, 0.25) is 0 Å². The predicted molar refractivity (Wildman–Crippen MR) is 95.3 cm³/mol. The van der Waals surface area contributed by atoms with Crippen LogP contribution in [-0.2, 0) is 14.8 Å². The number of sulfonamides is 1. The van der Waals surface area contributed by atoms with Crippen molar-refractivity contribution in [2.75, 3.05) is 6.61 Å². The van der Waals surface area contributed by atoms with Crippen LogP contribution in [0.25, 0.3) is 0 Å². The Hall–Kier alpha value is -2.58. The quantitative estimate of drug-likeness (QED) is 0.778. The summed E-state index contributed by atoms with van der Waals surface area (Å²) in [6.45, 7) is 4.03. The predicted octanol–water partition coefficient (Wildman–Crippen LogP) is 1.96. The Balaban J connectivity index is 1.62. The molecule has 3 rings (SSSR count). The van der Waals surface area contributed by atoms with Gasteiger partial charge in [0, 0.05) is 0 Å². The average molecular weight is 376 g/mol. The number of ether oxygens (including phenoxy) is 2. The van der Waals surface area contributed by atoms with Gasteiger partial charge in [-0.25, -0.2) is 8.42 Å². The number of carbonyl (C=O) groups excluding carboxylic acids is 1. The van der Waals surface area contributed by atoms with Gasteiger partial charge in [0.1, 0.15) is 6.61 Å². The number of para-hydroxylation sites is 2. The summed E-state index contributed by atoms with van der Waals surface area (Å²) in [5, 5.41) is 0. The zero-order chi connectivity index (χ0) is 18.7. The van der Waals surface area contributed by atoms with E-state index in [2.05, 4.69) is 10.3 Å². The van der Waals surface area contributed by atoms with Gasteiger partial charge in [-0.2, -0.15) is 0 Å². The Kier molecular flexibility index (Phi) is 5.15. The maximum Gasteiger partial charge on any atom is 0.279 e. The van der Waals surface area contributed by atoms with Gasteiger partial charge in [0.15, 0.2) is 11.5 Å². The van der Waals surface area contributed by atoms with Crippen molar-refractivity contribution in [1.82, 2.24) is 10.3 Å². The highest BCUT2D eigenvalue weighted by molar-refractivity contribution is 7.89. The third kappa shape index (κ3) is 3.97. The third-order valence-corrected chi connectivity index (χ3v) is 5.23. The van der Waals surface area contributed by atoms with Crippen molar-refractivity contribution >= 4 is 15.9 Å². The van der Waals surface area contributed by atoms with Crippen molar-refractivity contribution in [1.29, 1.82) is 0 Å². The number of nitrogens with one attached hydrogen (secondary N) is 2. The Morgan fingerprint density at radius 3 is 2.38 bits per heavy atom. The maximum atomic E-state index is 12.3. The molecule has 2 aromatic rings. The van der Waals surface area contributed by atoms with Crippen LogP contribution in [0.3, 0.4) is 0 Å². The highest BCUT2D eigenvalue weighted by Crippen LogP contribution is 2.30. The van der Waals surface area contributed by atoms with Crippen LogP contribution in [0.4, 0.5) is 0 Å². The minimum atomic E-state index is -3.88. The summed E-state index contributed by atoms with van der Waals surface area (Å²) in [7, 11) is -3.88. The molecule has 2 N–H and O–H groups in total. The van der Waals surface area contributed by atoms with Crippen LogP contribution in [-0.4, -0.2) is 27.0 Å². The summed E-state index contributed by atoms with van der Waals surface area (Å²) in [6.07, 6.45) is -0.948. The Morgan fingerprint density at radius 2 is 1.73 bits per heavy atom. The second-order valence-electron chi connectivity index (χ2n) is 6.18. The molecule has 0 spiro atoms. The van der Waals surface area contributed by atoms with Gasteiger partial charge < -0.3 is 9.47 Å². The second-order valence-corrected chi connectivity index (χ2v) is 7.87. The highest BCUT2D eigenvalue weighted by Gasteiger charge is 2.28. The van der Waals surface area contributed by atoms with Crippen LogP contribution in [0, 0.1) is 0 Å². The van der Waals surface area contributed by atoms with E-state index in [-0.39, 0.29) is 11.5 Å². The molecule has 1 amide bonds. The molecule has 0 fully saturated rings. The van der Waals surface area contributed by atoms with E-state index in [4.69, 9.17) is 9.47 Å². The van der Waals surface area contributed by atoms with Crippen LogP contribution < -0.4 is 19.7 Å². The number of hydrogen-bond donors (Lipinski definition) is 2. The van der Waals surface area contributed by atoms with Gasteiger partial charge in [-0.3, -0.25) is 10.2 Å². The fourth-order valence-electron chi connectivity index (χ4n) is 2.44. The van der Waals surface area contributed by atoms with E-state index in [1.165, 1.54) is 12.1 Å². The minimum absolute atomic E-state index is 0.00629. The minimum Gasteiger partial charge on any atom is -0.485 e. The lowest BCUT2D eigenvalue weighted by Gasteiger charge is -2.25. The van der Waals surface area contributed by atoms with E-state index in [0.29, 0.717) is 17.4 Å². The molecule has 0 aliphatic carbocycles. The van der Waals surface area contributed by atoms with Crippen molar-refractivity contribution in [3.05, 3.63) is 54.1 Å². The number of hydrogen-bond acceptors (Lipinski definition) is 5. The zero-order valence-electron chi connectivity index (χ0n) is 14.4. The van der Waals surface area contributed by atoms with E-state index in [1.54, 1.807) is 36.4 Å². The smallest absolute Gasteiger partial charge is 0.279 e. The molecule has 26 heavy (non-hydrogen) atoms. The first-order valence-corrected chi connectivity index (χ1v) is 9.65. The standard InChI is InChI=1S/C18H20N2O5S/c1-12(2)13-7-9-14(10-8-13)26(22,23)20-19-18(21)17-11-24-15-5-3-4-6-16(15)25-17/h3-10,12,17,20H,11H2,1-2H3,(H,19,21)/t17-/m0/s1. The molecule has 1 aliphatic rings. The largest absolute Gasteiger partial charge is 0.485 e. The van der Waals surface area contributed by atoms with Crippen LogP contribution in [0.1, 0.15) is 25.3 Å². The van der Waals surface area contributed by atoms with E-state index in [0.717, 1.165) is 5.56 Å². The summed E-state index contributed by atoms with van der Waals surface area (Å²) in [6, 6.07) is 13.4. The maximum absolute atomic E-state index is 12.3. The average Bonchev–Trinajstić information content (AvgIpc) is 2.66. The Morgan fingerprint density at radius 1 is 1.08 bits per heavy atom. The molecule has 7 nitrogen and oxygen atoms in total. The summed E-state index contributed by atoms with van der Waals surface area (Å²) < 4.78 is 35.6. The molecule has 0 saturated heterocycles. The first-order valence-electron chi connectivity index (χ1n) is 8.17. The first-order chi connectivity index (χ1) is 12.4. The van der Waals surface area contributed by atoms with Gasteiger partial charge in [0.25, 0.3) is 15.9 Å². The van der Waals surface area contributed by atoms with Crippen LogP contribution >= 0.6 is 0 Å². The molecular formula is C18H20N2O5S. The van der Waals surface area contributed by atoms with Gasteiger partial charge >= 0.3 is 0 Å². The second kappa shape index (κ2) is 7.35. The van der Waals surface area contributed by atoms with Gasteiger partial charge in [0.05, 0.1) is 4.90 Å². The van der Waals surface area contributed by atoms with Crippen molar-refractivity contribution in [2.24, 2.45) is 0 Å². The van der Waals surface area contributed by atoms with Crippen molar-refractivity contribution < 1.29 is 22.7 Å². The van der Waals surface area contributed by atoms with Crippen molar-refractivity contribution in [2.45, 2.75) is 30.8 Å². The van der Waals surface area contributed by atoms with E-state index < -0.39 is 22.0 Å². The molecule has 8 heteroatoms. The number of carbonyl (C=O) groups is 1. The summed E-state index contributed by atoms with van der Waals surface area (Å²) in [4.78, 5) is 14.3. The highest BCUT2D eigenvalue weighted by atomic mass is 32.2. The summed E-state index contributed by atoms with van der Waals surface area (Å²) >= 11 is 0. The van der Waals surface area contributed by atoms with E-state index in [9.17, 15) is 13.2 Å². The topological polar surface area (TPSA) is 93.7 Å². The number of rotatable bonds is 5. The summed E-state index contributed by atoms with van der Waals surface area (Å²) in [5.74, 6) is 0.640. The van der Waals surface area contributed by atoms with Gasteiger partial charge in [-0.05, 0) is 35.7 Å². The lowest BCUT2D eigenvalue weighted by Crippen LogP contribution is -2.50. The fraction of sp³-hybridized carbons (Fsp3) is 0.278. The van der Waals surface area contributed by atoms with Crippen LogP contribution in [0.5, 0.6) is 11.5 Å². The molecule has 0 aromatic heterocycles. The normalized spacial score (nSPS) is 16.3. The number of fused-ring (bicyclic) bond motifs is 1. The molecule has 0 bridgehead atoms. The Labute approximate surface area is 152 Å². The molecule has 138 valence electrons. The third-order valence-electron chi connectivity index (χ3n) is 3.97. The molecule has 1 aliphatic heterocycles. The van der Waals surface area contributed by atoms with Crippen molar-refractivity contribution in [3.8, 4) is 11.5 Å². The molecular weight excluding hydrogens is 356 g/mol.